The van der Waals surface area contributed by atoms with Gasteiger partial charge in [0.1, 0.15) is 5.82 Å². The van der Waals surface area contributed by atoms with Gasteiger partial charge in [0.05, 0.1) is 11.0 Å². The molecule has 0 fully saturated rings. The van der Waals surface area contributed by atoms with Crippen molar-refractivity contribution in [1.29, 1.82) is 0 Å². The number of nitrogens with zero attached hydrogens (tertiary/aromatic N) is 1. The Hall–Kier alpha value is -2.29. The van der Waals surface area contributed by atoms with Gasteiger partial charge in [-0.2, -0.15) is 0 Å². The fourth-order valence-corrected chi connectivity index (χ4v) is 1.96. The lowest BCUT2D eigenvalue weighted by Crippen LogP contribution is -1.89. The van der Waals surface area contributed by atoms with E-state index in [9.17, 15) is 9.18 Å². The van der Waals surface area contributed by atoms with E-state index in [-0.39, 0.29) is 5.82 Å². The molecule has 2 aromatic carbocycles. The van der Waals surface area contributed by atoms with Crippen molar-refractivity contribution in [3.63, 3.8) is 0 Å². The maximum atomic E-state index is 13.6. The van der Waals surface area contributed by atoms with Crippen LogP contribution in [0.15, 0.2) is 42.5 Å². The lowest BCUT2D eigenvalue weighted by atomic mass is 10.1. The second-order valence-electron chi connectivity index (χ2n) is 3.83. The summed E-state index contributed by atoms with van der Waals surface area (Å²) in [6, 6.07) is 11.8. The van der Waals surface area contributed by atoms with E-state index in [0.29, 0.717) is 22.0 Å². The first kappa shape index (κ1) is 9.90. The van der Waals surface area contributed by atoms with E-state index < -0.39 is 0 Å². The minimum atomic E-state index is -0.298. The van der Waals surface area contributed by atoms with Gasteiger partial charge in [-0.3, -0.25) is 4.79 Å². The third-order valence-corrected chi connectivity index (χ3v) is 2.79. The van der Waals surface area contributed by atoms with Crippen molar-refractivity contribution in [2.24, 2.45) is 0 Å². The summed E-state index contributed by atoms with van der Waals surface area (Å²) in [6.07, 6.45) is 0.764. The first-order valence-electron chi connectivity index (χ1n) is 5.23. The zero-order valence-electron chi connectivity index (χ0n) is 8.85. The molecule has 3 aromatic rings. The van der Waals surface area contributed by atoms with Crippen LogP contribution in [0.25, 0.3) is 21.8 Å². The Balaban J connectivity index is 2.52. The minimum Gasteiger partial charge on any atom is -0.298 e. The molecule has 2 nitrogen and oxygen atoms in total. The fourth-order valence-electron chi connectivity index (χ4n) is 1.96. The molecule has 0 amide bonds. The Morgan fingerprint density at radius 3 is 2.76 bits per heavy atom. The maximum absolute atomic E-state index is 13.6. The zero-order valence-corrected chi connectivity index (χ0v) is 8.85. The number of pyridine rings is 1. The van der Waals surface area contributed by atoms with Crippen LogP contribution in [-0.2, 0) is 0 Å². The molecule has 0 spiro atoms. The van der Waals surface area contributed by atoms with Crippen LogP contribution in [0.4, 0.5) is 4.39 Å². The predicted molar refractivity (Wildman–Crippen MR) is 64.6 cm³/mol. The highest BCUT2D eigenvalue weighted by atomic mass is 19.1. The van der Waals surface area contributed by atoms with Crippen LogP contribution in [0.5, 0.6) is 0 Å². The molecule has 0 N–H and O–H groups in total. The SMILES string of the molecule is O=Cc1cccc2cc3c(F)cccc3nc12. The molecule has 0 saturated carbocycles. The third kappa shape index (κ3) is 1.47. The molecule has 0 aliphatic rings. The molecule has 0 radical (unpaired) electrons. The van der Waals surface area contributed by atoms with E-state index >= 15 is 0 Å². The molecule has 0 aliphatic carbocycles. The number of rotatable bonds is 1. The molecule has 0 unspecified atom stereocenters. The maximum Gasteiger partial charge on any atom is 0.152 e. The summed E-state index contributed by atoms with van der Waals surface area (Å²) in [6.45, 7) is 0. The number of fused-ring (bicyclic) bond motifs is 2. The summed E-state index contributed by atoms with van der Waals surface area (Å²) in [7, 11) is 0. The van der Waals surface area contributed by atoms with Crippen LogP contribution in [-0.4, -0.2) is 11.3 Å². The van der Waals surface area contributed by atoms with Crippen molar-refractivity contribution in [2.45, 2.75) is 0 Å². The summed E-state index contributed by atoms with van der Waals surface area (Å²) >= 11 is 0. The van der Waals surface area contributed by atoms with E-state index in [1.807, 2.05) is 6.07 Å². The van der Waals surface area contributed by atoms with Gasteiger partial charge in [0.25, 0.3) is 0 Å². The molecule has 1 heterocycles. The molecule has 0 saturated heterocycles. The average molecular weight is 225 g/mol. The standard InChI is InChI=1S/C14H8FNO/c15-12-5-2-6-13-11(12)7-9-3-1-4-10(8-17)14(9)16-13/h1-8H. The summed E-state index contributed by atoms with van der Waals surface area (Å²) < 4.78 is 13.6. The van der Waals surface area contributed by atoms with Gasteiger partial charge in [-0.25, -0.2) is 9.37 Å². The van der Waals surface area contributed by atoms with E-state index in [4.69, 9.17) is 0 Å². The van der Waals surface area contributed by atoms with E-state index in [1.165, 1.54) is 6.07 Å². The number of carbonyl (C=O) groups is 1. The van der Waals surface area contributed by atoms with Crippen LogP contribution >= 0.6 is 0 Å². The average Bonchev–Trinajstić information content (AvgIpc) is 2.36. The number of para-hydroxylation sites is 1. The first-order chi connectivity index (χ1) is 8.29. The number of hydrogen-bond acceptors (Lipinski definition) is 2. The number of hydrogen-bond donors (Lipinski definition) is 0. The Kier molecular flexibility index (Phi) is 2.11. The Labute approximate surface area is 96.7 Å². The summed E-state index contributed by atoms with van der Waals surface area (Å²) in [5, 5.41) is 1.25. The third-order valence-electron chi connectivity index (χ3n) is 2.79. The molecule has 3 heteroatoms. The molecule has 0 atom stereocenters. The first-order valence-corrected chi connectivity index (χ1v) is 5.23. The lowest BCUT2D eigenvalue weighted by molar-refractivity contribution is 0.112. The van der Waals surface area contributed by atoms with Crippen molar-refractivity contribution in [3.05, 3.63) is 53.8 Å². The summed E-state index contributed by atoms with van der Waals surface area (Å²) in [4.78, 5) is 15.2. The van der Waals surface area contributed by atoms with Crippen LogP contribution < -0.4 is 0 Å². The number of carbonyl (C=O) groups excluding carboxylic acids is 1. The fraction of sp³-hybridized carbons (Fsp3) is 0. The van der Waals surface area contributed by atoms with Crippen molar-refractivity contribution in [2.75, 3.05) is 0 Å². The van der Waals surface area contributed by atoms with Crippen LogP contribution in [0.2, 0.25) is 0 Å². The van der Waals surface area contributed by atoms with Gasteiger partial charge in [0.15, 0.2) is 6.29 Å². The minimum absolute atomic E-state index is 0.298. The molecular weight excluding hydrogens is 217 g/mol. The Morgan fingerprint density at radius 1 is 1.12 bits per heavy atom. The highest BCUT2D eigenvalue weighted by Crippen LogP contribution is 2.23. The van der Waals surface area contributed by atoms with Gasteiger partial charge in [-0.15, -0.1) is 0 Å². The van der Waals surface area contributed by atoms with Gasteiger partial charge in [-0.05, 0) is 24.3 Å². The molecule has 0 bridgehead atoms. The molecule has 82 valence electrons. The van der Waals surface area contributed by atoms with Gasteiger partial charge in [-0.1, -0.05) is 18.2 Å². The molecule has 3 rings (SSSR count). The summed E-state index contributed by atoms with van der Waals surface area (Å²) in [5.41, 5.74) is 1.70. The van der Waals surface area contributed by atoms with E-state index in [2.05, 4.69) is 4.98 Å². The predicted octanol–water partition coefficient (Wildman–Crippen LogP) is 3.34. The number of halogens is 1. The van der Waals surface area contributed by atoms with Gasteiger partial charge >= 0.3 is 0 Å². The van der Waals surface area contributed by atoms with Crippen molar-refractivity contribution in [1.82, 2.24) is 4.98 Å². The highest BCUT2D eigenvalue weighted by Gasteiger charge is 2.06. The number of aromatic nitrogens is 1. The summed E-state index contributed by atoms with van der Waals surface area (Å²) in [5.74, 6) is -0.298. The second-order valence-corrected chi connectivity index (χ2v) is 3.83. The highest BCUT2D eigenvalue weighted by molar-refractivity contribution is 6.00. The van der Waals surface area contributed by atoms with E-state index in [0.717, 1.165) is 11.7 Å². The van der Waals surface area contributed by atoms with Crippen LogP contribution in [0, 0.1) is 5.82 Å². The zero-order chi connectivity index (χ0) is 11.8. The topological polar surface area (TPSA) is 30.0 Å². The monoisotopic (exact) mass is 225 g/mol. The van der Waals surface area contributed by atoms with E-state index in [1.54, 1.807) is 30.3 Å². The van der Waals surface area contributed by atoms with Crippen molar-refractivity contribution in [3.8, 4) is 0 Å². The Bertz CT molecular complexity index is 737. The molecule has 17 heavy (non-hydrogen) atoms. The van der Waals surface area contributed by atoms with Gasteiger partial charge < -0.3 is 0 Å². The molecule has 0 aliphatic heterocycles. The van der Waals surface area contributed by atoms with Crippen LogP contribution in [0.1, 0.15) is 10.4 Å². The number of aldehydes is 1. The molecular formula is C14H8FNO. The van der Waals surface area contributed by atoms with Crippen LogP contribution in [0.3, 0.4) is 0 Å². The lowest BCUT2D eigenvalue weighted by Gasteiger charge is -2.03. The Morgan fingerprint density at radius 2 is 1.94 bits per heavy atom. The normalized spacial score (nSPS) is 10.9. The van der Waals surface area contributed by atoms with Crippen molar-refractivity contribution < 1.29 is 9.18 Å². The second kappa shape index (κ2) is 3.63. The van der Waals surface area contributed by atoms with Gasteiger partial charge in [0.2, 0.25) is 0 Å². The largest absolute Gasteiger partial charge is 0.298 e. The molecule has 1 aromatic heterocycles. The smallest absolute Gasteiger partial charge is 0.152 e. The van der Waals surface area contributed by atoms with Crippen molar-refractivity contribution >= 4 is 28.1 Å². The van der Waals surface area contributed by atoms with Gasteiger partial charge in [0, 0.05) is 16.3 Å². The number of benzene rings is 2. The quantitative estimate of drug-likeness (QED) is 0.469.